The van der Waals surface area contributed by atoms with Crippen molar-refractivity contribution in [3.63, 3.8) is 0 Å². The summed E-state index contributed by atoms with van der Waals surface area (Å²) in [6.07, 6.45) is 0.235. The zero-order chi connectivity index (χ0) is 24.5. The molecular formula is C27H26N2O5S. The van der Waals surface area contributed by atoms with Crippen LogP contribution in [-0.2, 0) is 20.7 Å². The molecule has 2 heterocycles. The molecule has 2 amide bonds. The van der Waals surface area contributed by atoms with Gasteiger partial charge in [-0.3, -0.25) is 4.79 Å². The molecule has 35 heavy (non-hydrogen) atoms. The lowest BCUT2D eigenvalue weighted by Crippen LogP contribution is -2.52. The van der Waals surface area contributed by atoms with Gasteiger partial charge in [0.05, 0.1) is 0 Å². The third kappa shape index (κ3) is 4.18. The lowest BCUT2D eigenvalue weighted by atomic mass is 9.98. The zero-order valence-electron chi connectivity index (χ0n) is 19.3. The van der Waals surface area contributed by atoms with Gasteiger partial charge in [0.15, 0.2) is 6.04 Å². The molecule has 0 spiro atoms. The molecule has 1 aromatic heterocycles. The van der Waals surface area contributed by atoms with E-state index in [1.54, 1.807) is 13.0 Å². The van der Waals surface area contributed by atoms with E-state index >= 15 is 0 Å². The zero-order valence-corrected chi connectivity index (χ0v) is 20.1. The summed E-state index contributed by atoms with van der Waals surface area (Å²) in [6.45, 7) is 2.22. The molecule has 0 saturated heterocycles. The Kier molecular flexibility index (Phi) is 6.30. The third-order valence-corrected chi connectivity index (χ3v) is 7.82. The largest absolute Gasteiger partial charge is 0.479 e. The number of benzene rings is 2. The maximum Gasteiger partial charge on any atom is 0.407 e. The molecule has 2 atom stereocenters. The number of aliphatic carboxylic acids is 1. The predicted octanol–water partition coefficient (Wildman–Crippen LogP) is 4.58. The summed E-state index contributed by atoms with van der Waals surface area (Å²) < 4.78 is 5.59. The van der Waals surface area contributed by atoms with Crippen LogP contribution in [0, 0.1) is 0 Å². The summed E-state index contributed by atoms with van der Waals surface area (Å²) in [6, 6.07) is 16.0. The molecule has 0 bridgehead atoms. The molecule has 7 nitrogen and oxygen atoms in total. The van der Waals surface area contributed by atoms with E-state index in [1.807, 2.05) is 41.8 Å². The summed E-state index contributed by atoms with van der Waals surface area (Å²) >= 11 is 1.50. The van der Waals surface area contributed by atoms with E-state index in [-0.39, 0.29) is 12.5 Å². The smallest absolute Gasteiger partial charge is 0.407 e. The van der Waals surface area contributed by atoms with Crippen LogP contribution >= 0.6 is 11.3 Å². The molecule has 2 aromatic carbocycles. The standard InChI is InChI=1S/C27H26N2O5S/c1-2-22(25(30)29-13-11-23-20(12-14-35-23)24(29)26(31)32)28-27(33)34-15-21-18-9-5-3-7-16(18)17-8-4-6-10-19(17)21/h3-10,12,14,21-22,24H,2,11,13,15H2,1H3,(H,28,33)(H,31,32). The quantitative estimate of drug-likeness (QED) is 0.528. The molecule has 2 N–H and O–H groups in total. The van der Waals surface area contributed by atoms with Gasteiger partial charge in [-0.1, -0.05) is 55.5 Å². The van der Waals surface area contributed by atoms with E-state index < -0.39 is 30.1 Å². The van der Waals surface area contributed by atoms with Gasteiger partial charge in [0.1, 0.15) is 12.6 Å². The van der Waals surface area contributed by atoms with Crippen LogP contribution < -0.4 is 5.32 Å². The number of carboxylic acids is 1. The van der Waals surface area contributed by atoms with Gasteiger partial charge < -0.3 is 20.1 Å². The summed E-state index contributed by atoms with van der Waals surface area (Å²) in [5.41, 5.74) is 5.13. The average Bonchev–Trinajstić information content (AvgIpc) is 3.47. The van der Waals surface area contributed by atoms with Crippen LogP contribution in [-0.4, -0.2) is 47.2 Å². The average molecular weight is 491 g/mol. The highest BCUT2D eigenvalue weighted by Gasteiger charge is 2.39. The molecular weight excluding hydrogens is 464 g/mol. The highest BCUT2D eigenvalue weighted by Crippen LogP contribution is 2.44. The number of nitrogens with one attached hydrogen (secondary N) is 1. The van der Waals surface area contributed by atoms with Crippen LogP contribution in [0.3, 0.4) is 0 Å². The van der Waals surface area contributed by atoms with Crippen molar-refractivity contribution < 1.29 is 24.2 Å². The molecule has 2 unspecified atom stereocenters. The van der Waals surface area contributed by atoms with Gasteiger partial charge >= 0.3 is 12.1 Å². The van der Waals surface area contributed by atoms with E-state index in [4.69, 9.17) is 4.74 Å². The van der Waals surface area contributed by atoms with Crippen molar-refractivity contribution in [3.8, 4) is 11.1 Å². The number of amides is 2. The minimum absolute atomic E-state index is 0.0839. The number of rotatable bonds is 6. The number of carbonyl (C=O) groups is 3. The summed E-state index contributed by atoms with van der Waals surface area (Å²) in [5, 5.41) is 14.3. The van der Waals surface area contributed by atoms with Crippen LogP contribution in [0.25, 0.3) is 11.1 Å². The summed E-state index contributed by atoms with van der Waals surface area (Å²) in [5.74, 6) is -1.57. The Morgan fingerprint density at radius 1 is 1.06 bits per heavy atom. The molecule has 180 valence electrons. The maximum atomic E-state index is 13.3. The van der Waals surface area contributed by atoms with Gasteiger partial charge in [0.25, 0.3) is 0 Å². The van der Waals surface area contributed by atoms with Crippen molar-refractivity contribution in [1.29, 1.82) is 0 Å². The highest BCUT2D eigenvalue weighted by atomic mass is 32.1. The Morgan fingerprint density at radius 2 is 1.71 bits per heavy atom. The fourth-order valence-electron chi connectivity index (χ4n) is 5.14. The lowest BCUT2D eigenvalue weighted by Gasteiger charge is -2.35. The van der Waals surface area contributed by atoms with Crippen molar-refractivity contribution >= 4 is 29.3 Å². The van der Waals surface area contributed by atoms with Gasteiger partial charge in [-0.2, -0.15) is 0 Å². The molecule has 3 aromatic rings. The van der Waals surface area contributed by atoms with E-state index in [1.165, 1.54) is 16.2 Å². The Balaban J connectivity index is 1.27. The van der Waals surface area contributed by atoms with E-state index in [2.05, 4.69) is 17.4 Å². The van der Waals surface area contributed by atoms with Crippen LogP contribution in [0.4, 0.5) is 4.79 Å². The number of thiophene rings is 1. The van der Waals surface area contributed by atoms with Crippen LogP contribution in [0.15, 0.2) is 60.0 Å². The molecule has 8 heteroatoms. The number of ether oxygens (including phenoxy) is 1. The Hall–Kier alpha value is -3.65. The molecule has 0 saturated carbocycles. The Labute approximate surface area is 207 Å². The van der Waals surface area contributed by atoms with Gasteiger partial charge in [0, 0.05) is 17.3 Å². The number of alkyl carbamates (subject to hydrolysis) is 1. The number of hydrogen-bond acceptors (Lipinski definition) is 5. The normalized spacial score (nSPS) is 17.2. The minimum atomic E-state index is -1.08. The first-order valence-corrected chi connectivity index (χ1v) is 12.6. The monoisotopic (exact) mass is 490 g/mol. The van der Waals surface area contributed by atoms with Crippen molar-refractivity contribution in [2.24, 2.45) is 0 Å². The van der Waals surface area contributed by atoms with Crippen molar-refractivity contribution in [2.75, 3.05) is 13.2 Å². The Morgan fingerprint density at radius 3 is 2.34 bits per heavy atom. The first-order valence-electron chi connectivity index (χ1n) is 11.7. The first kappa shape index (κ1) is 23.1. The van der Waals surface area contributed by atoms with Gasteiger partial charge in [0.2, 0.25) is 5.91 Å². The van der Waals surface area contributed by atoms with E-state index in [9.17, 15) is 19.5 Å². The Bertz CT molecular complexity index is 1240. The van der Waals surface area contributed by atoms with Gasteiger partial charge in [-0.25, -0.2) is 9.59 Å². The van der Waals surface area contributed by atoms with E-state index in [0.717, 1.165) is 27.1 Å². The predicted molar refractivity (Wildman–Crippen MR) is 132 cm³/mol. The third-order valence-electron chi connectivity index (χ3n) is 6.82. The topological polar surface area (TPSA) is 95.9 Å². The molecule has 0 fully saturated rings. The molecule has 1 aliphatic heterocycles. The number of carbonyl (C=O) groups excluding carboxylic acids is 2. The molecule has 0 radical (unpaired) electrons. The summed E-state index contributed by atoms with van der Waals surface area (Å²) in [7, 11) is 0. The SMILES string of the molecule is CCC(NC(=O)OCC1c2ccccc2-c2ccccc21)C(=O)N1CCc2sccc2C1C(=O)O. The van der Waals surface area contributed by atoms with Crippen molar-refractivity contribution in [3.05, 3.63) is 81.5 Å². The molecule has 1 aliphatic carbocycles. The maximum absolute atomic E-state index is 13.3. The number of hydrogen-bond donors (Lipinski definition) is 2. The van der Waals surface area contributed by atoms with Crippen molar-refractivity contribution in [2.45, 2.75) is 37.8 Å². The minimum Gasteiger partial charge on any atom is -0.479 e. The second kappa shape index (κ2) is 9.54. The second-order valence-corrected chi connectivity index (χ2v) is 9.75. The molecule has 2 aliphatic rings. The van der Waals surface area contributed by atoms with Crippen LogP contribution in [0.1, 0.15) is 46.9 Å². The van der Waals surface area contributed by atoms with Gasteiger partial charge in [-0.15, -0.1) is 11.3 Å². The van der Waals surface area contributed by atoms with E-state index in [0.29, 0.717) is 24.9 Å². The van der Waals surface area contributed by atoms with Crippen molar-refractivity contribution in [1.82, 2.24) is 10.2 Å². The van der Waals surface area contributed by atoms with Crippen LogP contribution in [0.2, 0.25) is 0 Å². The highest BCUT2D eigenvalue weighted by molar-refractivity contribution is 7.10. The fourth-order valence-corrected chi connectivity index (χ4v) is 6.04. The summed E-state index contributed by atoms with van der Waals surface area (Å²) in [4.78, 5) is 40.4. The number of nitrogens with zero attached hydrogens (tertiary/aromatic N) is 1. The first-order chi connectivity index (χ1) is 17.0. The lowest BCUT2D eigenvalue weighted by molar-refractivity contribution is -0.152. The number of carboxylic acid groups (broad SMARTS) is 1. The van der Waals surface area contributed by atoms with Crippen LogP contribution in [0.5, 0.6) is 0 Å². The van der Waals surface area contributed by atoms with Gasteiger partial charge in [-0.05, 0) is 52.1 Å². The second-order valence-electron chi connectivity index (χ2n) is 8.75. The molecule has 5 rings (SSSR count). The number of fused-ring (bicyclic) bond motifs is 4. The fraction of sp³-hybridized carbons (Fsp3) is 0.296.